The molecule has 32 heavy (non-hydrogen) atoms. The van der Waals surface area contributed by atoms with E-state index in [1.807, 2.05) is 0 Å². The molecule has 0 saturated carbocycles. The Kier molecular flexibility index (Phi) is 12.3. The van der Waals surface area contributed by atoms with Crippen LogP contribution in [0.2, 0.25) is 0 Å². The monoisotopic (exact) mass is 556 g/mol. The first kappa shape index (κ1) is 27.3. The van der Waals surface area contributed by atoms with Gasteiger partial charge in [0.15, 0.2) is 5.96 Å². The largest absolute Gasteiger partial charge is 0.357 e. The number of nitrogens with zero attached hydrogens (tertiary/aromatic N) is 4. The molecule has 6 nitrogen and oxygen atoms in total. The van der Waals surface area contributed by atoms with Crippen molar-refractivity contribution in [2.75, 3.05) is 58.9 Å². The van der Waals surface area contributed by atoms with Crippen molar-refractivity contribution in [1.82, 2.24) is 25.3 Å². The number of likely N-dealkylation sites (tertiary alicyclic amines) is 1. The summed E-state index contributed by atoms with van der Waals surface area (Å²) >= 11 is 0. The van der Waals surface area contributed by atoms with Crippen LogP contribution in [0.1, 0.15) is 39.7 Å². The van der Waals surface area contributed by atoms with Gasteiger partial charge in [-0.2, -0.15) is 0 Å². The van der Waals surface area contributed by atoms with E-state index in [2.05, 4.69) is 83.4 Å². The standard InChI is InChI=1S/C25H44N6.HI/c1-5-26-25(27-17-21(3)18-30-14-12-29(6-2)13-15-30)28-24-16-22(4)31(20-24)19-23-10-8-7-9-11-23;/h7-11,21-22,24H,5-6,12-20H2,1-4H3,(H2,26,27,28);1H. The molecule has 0 bridgehead atoms. The third kappa shape index (κ3) is 8.80. The van der Waals surface area contributed by atoms with Crippen molar-refractivity contribution in [3.05, 3.63) is 35.9 Å². The van der Waals surface area contributed by atoms with Crippen LogP contribution in [0, 0.1) is 5.92 Å². The van der Waals surface area contributed by atoms with E-state index in [9.17, 15) is 0 Å². The van der Waals surface area contributed by atoms with Crippen molar-refractivity contribution in [2.45, 2.75) is 52.7 Å². The molecular weight excluding hydrogens is 511 g/mol. The number of nitrogens with one attached hydrogen (secondary N) is 2. The van der Waals surface area contributed by atoms with E-state index >= 15 is 0 Å². The maximum absolute atomic E-state index is 4.95. The van der Waals surface area contributed by atoms with Gasteiger partial charge >= 0.3 is 0 Å². The fourth-order valence-electron chi connectivity index (χ4n) is 4.79. The second kappa shape index (κ2) is 14.4. The van der Waals surface area contributed by atoms with Gasteiger partial charge in [0, 0.05) is 71.0 Å². The highest BCUT2D eigenvalue weighted by Crippen LogP contribution is 2.20. The lowest BCUT2D eigenvalue weighted by molar-refractivity contribution is 0.125. The van der Waals surface area contributed by atoms with Gasteiger partial charge < -0.3 is 20.4 Å². The molecule has 0 aromatic heterocycles. The van der Waals surface area contributed by atoms with Crippen LogP contribution in [0.25, 0.3) is 0 Å². The van der Waals surface area contributed by atoms with Crippen molar-refractivity contribution < 1.29 is 0 Å². The van der Waals surface area contributed by atoms with Crippen LogP contribution in [0.5, 0.6) is 0 Å². The van der Waals surface area contributed by atoms with Gasteiger partial charge in [-0.3, -0.25) is 9.89 Å². The highest BCUT2D eigenvalue weighted by Gasteiger charge is 2.29. The summed E-state index contributed by atoms with van der Waals surface area (Å²) in [6.07, 6.45) is 1.16. The summed E-state index contributed by atoms with van der Waals surface area (Å²) in [6.45, 7) is 20.1. The van der Waals surface area contributed by atoms with Gasteiger partial charge in [-0.25, -0.2) is 0 Å². The van der Waals surface area contributed by atoms with Crippen LogP contribution in [0.4, 0.5) is 0 Å². The lowest BCUT2D eigenvalue weighted by atomic mass is 10.1. The van der Waals surface area contributed by atoms with Crippen molar-refractivity contribution in [3.63, 3.8) is 0 Å². The van der Waals surface area contributed by atoms with Gasteiger partial charge in [-0.05, 0) is 38.3 Å². The molecule has 182 valence electrons. The maximum Gasteiger partial charge on any atom is 0.191 e. The normalized spacial score (nSPS) is 24.2. The van der Waals surface area contributed by atoms with Crippen LogP contribution in [-0.4, -0.2) is 91.6 Å². The average Bonchev–Trinajstić information content (AvgIpc) is 3.12. The van der Waals surface area contributed by atoms with E-state index in [4.69, 9.17) is 4.99 Å². The number of aliphatic imine (C=N–C) groups is 1. The van der Waals surface area contributed by atoms with E-state index in [1.54, 1.807) is 0 Å². The van der Waals surface area contributed by atoms with E-state index in [0.717, 1.165) is 45.1 Å². The van der Waals surface area contributed by atoms with Crippen molar-refractivity contribution in [1.29, 1.82) is 0 Å². The van der Waals surface area contributed by atoms with E-state index in [0.29, 0.717) is 18.0 Å². The number of rotatable bonds is 9. The highest BCUT2D eigenvalue weighted by atomic mass is 127. The fourth-order valence-corrected chi connectivity index (χ4v) is 4.79. The molecular formula is C25H45IN6. The predicted molar refractivity (Wildman–Crippen MR) is 147 cm³/mol. The molecule has 2 N–H and O–H groups in total. The van der Waals surface area contributed by atoms with Crippen molar-refractivity contribution >= 4 is 29.9 Å². The lowest BCUT2D eigenvalue weighted by Gasteiger charge is -2.35. The Bertz CT molecular complexity index is 662. The van der Waals surface area contributed by atoms with Crippen LogP contribution < -0.4 is 10.6 Å². The Morgan fingerprint density at radius 3 is 2.44 bits per heavy atom. The second-order valence-corrected chi connectivity index (χ2v) is 9.40. The molecule has 2 heterocycles. The Hall–Kier alpha value is -0.900. The summed E-state index contributed by atoms with van der Waals surface area (Å²) in [4.78, 5) is 12.7. The number of likely N-dealkylation sites (N-methyl/N-ethyl adjacent to an activating group) is 1. The van der Waals surface area contributed by atoms with E-state index in [-0.39, 0.29) is 24.0 Å². The molecule has 7 heteroatoms. The van der Waals surface area contributed by atoms with Gasteiger partial charge in [0.25, 0.3) is 0 Å². The maximum atomic E-state index is 4.95. The molecule has 0 amide bonds. The molecule has 0 aliphatic carbocycles. The minimum atomic E-state index is 0. The molecule has 3 atom stereocenters. The van der Waals surface area contributed by atoms with Gasteiger partial charge in [0.2, 0.25) is 0 Å². The number of hydrogen-bond acceptors (Lipinski definition) is 4. The minimum absolute atomic E-state index is 0. The zero-order valence-corrected chi connectivity index (χ0v) is 22.9. The van der Waals surface area contributed by atoms with Crippen LogP contribution in [0.3, 0.4) is 0 Å². The van der Waals surface area contributed by atoms with Gasteiger partial charge in [-0.15, -0.1) is 24.0 Å². The number of hydrogen-bond donors (Lipinski definition) is 2. The Morgan fingerprint density at radius 2 is 1.78 bits per heavy atom. The second-order valence-electron chi connectivity index (χ2n) is 9.40. The molecule has 3 rings (SSSR count). The number of halogens is 1. The first-order chi connectivity index (χ1) is 15.1. The Labute approximate surface area is 213 Å². The molecule has 3 unspecified atom stereocenters. The highest BCUT2D eigenvalue weighted by molar-refractivity contribution is 14.0. The van der Waals surface area contributed by atoms with Crippen LogP contribution in [-0.2, 0) is 6.54 Å². The van der Waals surface area contributed by atoms with E-state index < -0.39 is 0 Å². The zero-order chi connectivity index (χ0) is 22.1. The zero-order valence-electron chi connectivity index (χ0n) is 20.6. The SMILES string of the molecule is CCNC(=NCC(C)CN1CCN(CC)CC1)NC1CC(C)N(Cc2ccccc2)C1.I. The molecule has 0 radical (unpaired) electrons. The van der Waals surface area contributed by atoms with Gasteiger partial charge in [0.05, 0.1) is 0 Å². The molecule has 2 aliphatic heterocycles. The van der Waals surface area contributed by atoms with Crippen molar-refractivity contribution in [2.24, 2.45) is 10.9 Å². The third-order valence-corrected chi connectivity index (χ3v) is 6.66. The van der Waals surface area contributed by atoms with Gasteiger partial charge in [0.1, 0.15) is 0 Å². The summed E-state index contributed by atoms with van der Waals surface area (Å²) in [5, 5.41) is 7.17. The van der Waals surface area contributed by atoms with Gasteiger partial charge in [-0.1, -0.05) is 44.2 Å². The summed E-state index contributed by atoms with van der Waals surface area (Å²) in [6, 6.07) is 11.8. The fraction of sp³-hybridized carbons (Fsp3) is 0.720. The Balaban J connectivity index is 0.00000363. The van der Waals surface area contributed by atoms with Crippen LogP contribution >= 0.6 is 24.0 Å². The third-order valence-electron chi connectivity index (χ3n) is 6.66. The molecule has 1 aromatic carbocycles. The summed E-state index contributed by atoms with van der Waals surface area (Å²) in [5.74, 6) is 1.55. The molecule has 0 spiro atoms. The Morgan fingerprint density at radius 1 is 1.09 bits per heavy atom. The average molecular weight is 557 g/mol. The van der Waals surface area contributed by atoms with Crippen molar-refractivity contribution in [3.8, 4) is 0 Å². The predicted octanol–water partition coefficient (Wildman–Crippen LogP) is 3.10. The number of guanidine groups is 1. The minimum Gasteiger partial charge on any atom is -0.357 e. The number of piperazine rings is 1. The van der Waals surface area contributed by atoms with E-state index in [1.165, 1.54) is 38.3 Å². The summed E-state index contributed by atoms with van der Waals surface area (Å²) in [7, 11) is 0. The lowest BCUT2D eigenvalue weighted by Crippen LogP contribution is -2.47. The molecule has 2 aliphatic rings. The molecule has 2 saturated heterocycles. The molecule has 1 aromatic rings. The quantitative estimate of drug-likeness (QED) is 0.278. The topological polar surface area (TPSA) is 46.1 Å². The molecule has 2 fully saturated rings. The summed E-state index contributed by atoms with van der Waals surface area (Å²) in [5.41, 5.74) is 1.39. The first-order valence-corrected chi connectivity index (χ1v) is 12.3. The van der Waals surface area contributed by atoms with Crippen LogP contribution in [0.15, 0.2) is 35.3 Å². The number of benzene rings is 1. The smallest absolute Gasteiger partial charge is 0.191 e. The first-order valence-electron chi connectivity index (χ1n) is 12.3. The summed E-state index contributed by atoms with van der Waals surface area (Å²) < 4.78 is 0.